The number of ether oxygens (including phenoxy) is 3. The van der Waals surface area contributed by atoms with E-state index in [0.717, 1.165) is 18.4 Å². The Balaban J connectivity index is 1.91. The number of anilines is 1. The van der Waals surface area contributed by atoms with Crippen molar-refractivity contribution in [2.75, 3.05) is 25.1 Å². The van der Waals surface area contributed by atoms with Gasteiger partial charge in [-0.25, -0.2) is 4.79 Å². The van der Waals surface area contributed by atoms with Gasteiger partial charge in [0, 0.05) is 6.08 Å². The molecule has 0 spiro atoms. The van der Waals surface area contributed by atoms with Gasteiger partial charge in [0.05, 0.1) is 24.5 Å². The highest BCUT2D eigenvalue weighted by atomic mass is 16.5. The second-order valence-electron chi connectivity index (χ2n) is 6.49. The molecule has 162 valence electrons. The van der Waals surface area contributed by atoms with Crippen LogP contribution in [0.5, 0.6) is 11.5 Å². The van der Waals surface area contributed by atoms with E-state index in [9.17, 15) is 9.59 Å². The van der Waals surface area contributed by atoms with Crippen LogP contribution in [0.3, 0.4) is 0 Å². The van der Waals surface area contributed by atoms with Crippen molar-refractivity contribution in [2.45, 2.75) is 26.7 Å². The predicted molar refractivity (Wildman–Crippen MR) is 118 cm³/mol. The number of unbranched alkanes of at least 4 members (excludes halogenated alkanes) is 1. The fourth-order valence-corrected chi connectivity index (χ4v) is 2.57. The molecule has 0 bridgehead atoms. The fraction of sp³-hybridized carbons (Fsp3) is 0.292. The summed E-state index contributed by atoms with van der Waals surface area (Å²) in [6.45, 7) is 4.62. The van der Waals surface area contributed by atoms with E-state index in [2.05, 4.69) is 12.2 Å². The van der Waals surface area contributed by atoms with Gasteiger partial charge in [0.2, 0.25) is 0 Å². The van der Waals surface area contributed by atoms with Crippen LogP contribution < -0.4 is 14.8 Å². The summed E-state index contributed by atoms with van der Waals surface area (Å²) >= 11 is 0. The average molecular weight is 422 g/mol. The van der Waals surface area contributed by atoms with Crippen molar-refractivity contribution in [3.63, 3.8) is 0 Å². The van der Waals surface area contributed by atoms with Crippen LogP contribution in [0.2, 0.25) is 0 Å². The number of nitrogens with zero attached hydrogens (tertiary/aromatic N) is 1. The van der Waals surface area contributed by atoms with Crippen molar-refractivity contribution in [3.05, 3.63) is 59.7 Å². The Morgan fingerprint density at radius 1 is 1.10 bits per heavy atom. The molecule has 2 rings (SSSR count). The van der Waals surface area contributed by atoms with Gasteiger partial charge in [0.25, 0.3) is 5.91 Å². The highest BCUT2D eigenvalue weighted by Crippen LogP contribution is 2.29. The third kappa shape index (κ3) is 7.86. The number of carbonyl (C=O) groups is 2. The maximum atomic E-state index is 12.0. The number of nitrogens with one attached hydrogen (secondary N) is 1. The topological polar surface area (TPSA) is 97.6 Å². The van der Waals surface area contributed by atoms with Crippen molar-refractivity contribution in [1.82, 2.24) is 0 Å². The van der Waals surface area contributed by atoms with Gasteiger partial charge in [0.15, 0.2) is 18.1 Å². The van der Waals surface area contributed by atoms with Gasteiger partial charge in [-0.2, -0.15) is 5.26 Å². The Morgan fingerprint density at radius 2 is 1.90 bits per heavy atom. The number of hydrogen-bond acceptors (Lipinski definition) is 6. The monoisotopic (exact) mass is 422 g/mol. The Bertz CT molecular complexity index is 963. The normalized spacial score (nSPS) is 10.4. The van der Waals surface area contributed by atoms with E-state index in [1.807, 2.05) is 13.0 Å². The third-order valence-corrected chi connectivity index (χ3v) is 4.10. The summed E-state index contributed by atoms with van der Waals surface area (Å²) < 4.78 is 16.3. The first-order valence-corrected chi connectivity index (χ1v) is 10.1. The fourth-order valence-electron chi connectivity index (χ4n) is 2.57. The summed E-state index contributed by atoms with van der Waals surface area (Å²) in [6, 6.07) is 13.9. The van der Waals surface area contributed by atoms with E-state index in [1.165, 1.54) is 6.08 Å². The van der Waals surface area contributed by atoms with E-state index in [1.54, 1.807) is 48.5 Å². The lowest BCUT2D eigenvalue weighted by Gasteiger charge is -2.12. The van der Waals surface area contributed by atoms with E-state index in [-0.39, 0.29) is 0 Å². The maximum absolute atomic E-state index is 12.0. The first-order valence-electron chi connectivity index (χ1n) is 10.1. The van der Waals surface area contributed by atoms with Crippen LogP contribution in [0.15, 0.2) is 48.5 Å². The van der Waals surface area contributed by atoms with Gasteiger partial charge in [-0.05, 0) is 49.2 Å². The van der Waals surface area contributed by atoms with Crippen molar-refractivity contribution >= 4 is 23.6 Å². The first-order chi connectivity index (χ1) is 15.1. The zero-order chi connectivity index (χ0) is 22.5. The molecule has 7 heteroatoms. The molecule has 0 aliphatic carbocycles. The molecule has 7 nitrogen and oxygen atoms in total. The first kappa shape index (κ1) is 23.5. The molecule has 1 N–H and O–H groups in total. The molecule has 0 aromatic heterocycles. The Kier molecular flexibility index (Phi) is 9.63. The molecule has 0 heterocycles. The molecule has 0 unspecified atom stereocenters. The maximum Gasteiger partial charge on any atom is 0.331 e. The lowest BCUT2D eigenvalue weighted by atomic mass is 10.2. The van der Waals surface area contributed by atoms with Gasteiger partial charge in [-0.1, -0.05) is 31.5 Å². The minimum absolute atomic E-state index is 0.328. The summed E-state index contributed by atoms with van der Waals surface area (Å²) in [5.74, 6) is 0.0654. The zero-order valence-corrected chi connectivity index (χ0v) is 17.7. The number of carbonyl (C=O) groups excluding carboxylic acids is 2. The Morgan fingerprint density at radius 3 is 2.65 bits per heavy atom. The molecule has 1 amide bonds. The Labute approximate surface area is 182 Å². The van der Waals surface area contributed by atoms with Crippen LogP contribution >= 0.6 is 0 Å². The summed E-state index contributed by atoms with van der Waals surface area (Å²) in [7, 11) is 0. The van der Waals surface area contributed by atoms with Crippen LogP contribution in [0.4, 0.5) is 5.69 Å². The number of nitriles is 1. The number of esters is 1. The number of amides is 1. The number of para-hydroxylation sites is 1. The van der Waals surface area contributed by atoms with Crippen LogP contribution in [-0.4, -0.2) is 31.7 Å². The number of rotatable bonds is 11. The lowest BCUT2D eigenvalue weighted by Crippen LogP contribution is -2.20. The summed E-state index contributed by atoms with van der Waals surface area (Å²) in [5, 5.41) is 11.6. The SMILES string of the molecule is CCCCOc1ccc(/C=C/C(=O)OCC(=O)Nc2ccccc2C#N)cc1OCC. The van der Waals surface area contributed by atoms with Crippen LogP contribution in [0, 0.1) is 11.3 Å². The van der Waals surface area contributed by atoms with Crippen molar-refractivity contribution < 1.29 is 23.8 Å². The molecule has 0 atom stereocenters. The number of hydrogen-bond donors (Lipinski definition) is 1. The summed E-state index contributed by atoms with van der Waals surface area (Å²) in [4.78, 5) is 23.9. The van der Waals surface area contributed by atoms with Crippen LogP contribution in [-0.2, 0) is 14.3 Å². The predicted octanol–water partition coefficient (Wildman–Crippen LogP) is 4.33. The minimum Gasteiger partial charge on any atom is -0.490 e. The minimum atomic E-state index is -0.662. The van der Waals surface area contributed by atoms with Crippen molar-refractivity contribution in [1.29, 1.82) is 5.26 Å². The van der Waals surface area contributed by atoms with Gasteiger partial charge >= 0.3 is 5.97 Å². The smallest absolute Gasteiger partial charge is 0.331 e. The molecule has 0 saturated heterocycles. The molecule has 2 aromatic rings. The highest BCUT2D eigenvalue weighted by Gasteiger charge is 2.09. The standard InChI is InChI=1S/C24H26N2O5/c1-3-5-14-30-21-12-10-18(15-22(21)29-4-2)11-13-24(28)31-17-23(27)26-20-9-7-6-8-19(20)16-25/h6-13,15H,3-5,14,17H2,1-2H3,(H,26,27)/b13-11+. The summed E-state index contributed by atoms with van der Waals surface area (Å²) in [6.07, 6.45) is 4.80. The van der Waals surface area contributed by atoms with E-state index < -0.39 is 18.5 Å². The van der Waals surface area contributed by atoms with Crippen molar-refractivity contribution in [2.24, 2.45) is 0 Å². The molecule has 0 aliphatic heterocycles. The van der Waals surface area contributed by atoms with Gasteiger partial charge < -0.3 is 19.5 Å². The van der Waals surface area contributed by atoms with E-state index >= 15 is 0 Å². The zero-order valence-electron chi connectivity index (χ0n) is 17.7. The molecular formula is C24H26N2O5. The van der Waals surface area contributed by atoms with Gasteiger partial charge in [0.1, 0.15) is 6.07 Å². The average Bonchev–Trinajstić information content (AvgIpc) is 2.78. The van der Waals surface area contributed by atoms with Crippen LogP contribution in [0.25, 0.3) is 6.08 Å². The van der Waals surface area contributed by atoms with Gasteiger partial charge in [-0.3, -0.25) is 4.79 Å². The highest BCUT2D eigenvalue weighted by molar-refractivity contribution is 5.95. The molecule has 0 radical (unpaired) electrons. The molecule has 2 aromatic carbocycles. The van der Waals surface area contributed by atoms with Crippen molar-refractivity contribution in [3.8, 4) is 17.6 Å². The van der Waals surface area contributed by atoms with E-state index in [4.69, 9.17) is 19.5 Å². The summed E-state index contributed by atoms with van der Waals surface area (Å²) in [5.41, 5.74) is 1.43. The third-order valence-electron chi connectivity index (χ3n) is 4.10. The largest absolute Gasteiger partial charge is 0.490 e. The molecule has 0 saturated carbocycles. The lowest BCUT2D eigenvalue weighted by molar-refractivity contribution is -0.142. The van der Waals surface area contributed by atoms with Crippen LogP contribution in [0.1, 0.15) is 37.8 Å². The Hall–Kier alpha value is -3.79. The second kappa shape index (κ2) is 12.7. The molecule has 31 heavy (non-hydrogen) atoms. The molecule has 0 aliphatic rings. The molecular weight excluding hydrogens is 396 g/mol. The van der Waals surface area contributed by atoms with Gasteiger partial charge in [-0.15, -0.1) is 0 Å². The van der Waals surface area contributed by atoms with E-state index in [0.29, 0.717) is 36.0 Å². The quantitative estimate of drug-likeness (QED) is 0.329. The second-order valence-corrected chi connectivity index (χ2v) is 6.49. The molecule has 0 fully saturated rings. The number of benzene rings is 2.